The molecule has 0 saturated carbocycles. The van der Waals surface area contributed by atoms with Crippen LogP contribution in [0.25, 0.3) is 0 Å². The van der Waals surface area contributed by atoms with Gasteiger partial charge < -0.3 is 5.32 Å². The van der Waals surface area contributed by atoms with Crippen molar-refractivity contribution in [2.45, 2.75) is 18.1 Å². The molecule has 1 aliphatic rings. The number of hydrogen-bond acceptors (Lipinski definition) is 4. The zero-order valence-electron chi connectivity index (χ0n) is 9.60. The van der Waals surface area contributed by atoms with Gasteiger partial charge in [0, 0.05) is 17.2 Å². The van der Waals surface area contributed by atoms with Crippen LogP contribution in [0.5, 0.6) is 0 Å². The Kier molecular flexibility index (Phi) is 4.01. The third-order valence-electron chi connectivity index (χ3n) is 2.91. The highest BCUT2D eigenvalue weighted by molar-refractivity contribution is 9.10. The van der Waals surface area contributed by atoms with Gasteiger partial charge in [0.1, 0.15) is 5.69 Å². The van der Waals surface area contributed by atoms with E-state index in [4.69, 9.17) is 0 Å². The molecule has 5 nitrogen and oxygen atoms in total. The fourth-order valence-corrected chi connectivity index (χ4v) is 3.89. The first-order valence-corrected chi connectivity index (χ1v) is 8.11. The Morgan fingerprint density at radius 1 is 1.50 bits per heavy atom. The molecule has 1 amide bonds. The number of carbonyl (C=O) groups is 1. The van der Waals surface area contributed by atoms with Gasteiger partial charge in [-0.3, -0.25) is 4.79 Å². The fourth-order valence-electron chi connectivity index (χ4n) is 1.89. The maximum absolute atomic E-state index is 11.7. The van der Waals surface area contributed by atoms with Crippen molar-refractivity contribution >= 4 is 31.7 Å². The summed E-state index contributed by atoms with van der Waals surface area (Å²) in [5, 5.41) is 2.17. The number of amides is 1. The number of nitrogens with zero attached hydrogens (tertiary/aromatic N) is 1. The van der Waals surface area contributed by atoms with Crippen LogP contribution in [-0.2, 0) is 9.84 Å². The Balaban J connectivity index is 1.95. The second-order valence-electron chi connectivity index (χ2n) is 4.20. The lowest BCUT2D eigenvalue weighted by atomic mass is 10.2. The van der Waals surface area contributed by atoms with Crippen molar-refractivity contribution in [2.24, 2.45) is 0 Å². The Bertz CT molecular complexity index is 542. The van der Waals surface area contributed by atoms with Gasteiger partial charge >= 0.3 is 0 Å². The molecular formula is C11H13BrN2O3S. The summed E-state index contributed by atoms with van der Waals surface area (Å²) >= 11 is 3.23. The zero-order chi connectivity index (χ0) is 13.2. The van der Waals surface area contributed by atoms with Crippen LogP contribution in [0.2, 0.25) is 0 Å². The number of rotatable bonds is 3. The van der Waals surface area contributed by atoms with Gasteiger partial charge in [-0.25, -0.2) is 13.4 Å². The predicted octanol–water partition coefficient (Wildman–Crippen LogP) is 1.15. The predicted molar refractivity (Wildman–Crippen MR) is 71.1 cm³/mol. The molecule has 0 aromatic carbocycles. The summed E-state index contributed by atoms with van der Waals surface area (Å²) in [4.78, 5) is 15.7. The summed E-state index contributed by atoms with van der Waals surface area (Å²) in [5.41, 5.74) is 0.286. The lowest BCUT2D eigenvalue weighted by molar-refractivity contribution is 0.0948. The SMILES string of the molecule is O=C(NCC1CCCS1(=O)=O)c1ccc(Br)cn1. The van der Waals surface area contributed by atoms with Crippen molar-refractivity contribution in [1.29, 1.82) is 0 Å². The number of halogens is 1. The van der Waals surface area contributed by atoms with Crippen molar-refractivity contribution in [1.82, 2.24) is 10.3 Å². The molecule has 1 N–H and O–H groups in total. The van der Waals surface area contributed by atoms with Gasteiger partial charge in [0.15, 0.2) is 9.84 Å². The topological polar surface area (TPSA) is 76.1 Å². The molecule has 0 radical (unpaired) electrons. The summed E-state index contributed by atoms with van der Waals surface area (Å²) in [6, 6.07) is 3.30. The van der Waals surface area contributed by atoms with Gasteiger partial charge in [-0.1, -0.05) is 0 Å². The summed E-state index contributed by atoms with van der Waals surface area (Å²) in [5.74, 6) is -0.117. The quantitative estimate of drug-likeness (QED) is 0.900. The van der Waals surface area contributed by atoms with Gasteiger partial charge in [-0.2, -0.15) is 0 Å². The molecule has 0 spiro atoms. The van der Waals surface area contributed by atoms with Crippen LogP contribution in [0.4, 0.5) is 0 Å². The van der Waals surface area contributed by atoms with Crippen LogP contribution in [-0.4, -0.2) is 36.9 Å². The Labute approximate surface area is 114 Å². The minimum atomic E-state index is -3.01. The summed E-state index contributed by atoms with van der Waals surface area (Å²) in [7, 11) is -3.01. The van der Waals surface area contributed by atoms with Crippen molar-refractivity contribution in [3.63, 3.8) is 0 Å². The third kappa shape index (κ3) is 3.08. The summed E-state index contributed by atoms with van der Waals surface area (Å²) in [6.07, 6.45) is 2.83. The van der Waals surface area contributed by atoms with E-state index in [0.29, 0.717) is 12.8 Å². The normalized spacial score (nSPS) is 21.7. The van der Waals surface area contributed by atoms with Crippen LogP contribution in [0, 0.1) is 0 Å². The number of pyridine rings is 1. The van der Waals surface area contributed by atoms with E-state index in [-0.39, 0.29) is 23.9 Å². The van der Waals surface area contributed by atoms with E-state index in [1.54, 1.807) is 12.1 Å². The number of sulfone groups is 1. The highest BCUT2D eigenvalue weighted by Gasteiger charge is 2.31. The van der Waals surface area contributed by atoms with Crippen molar-refractivity contribution in [3.8, 4) is 0 Å². The van der Waals surface area contributed by atoms with E-state index in [1.807, 2.05) is 0 Å². The summed E-state index contributed by atoms with van der Waals surface area (Å²) < 4.78 is 24.0. The van der Waals surface area contributed by atoms with E-state index < -0.39 is 15.1 Å². The zero-order valence-corrected chi connectivity index (χ0v) is 12.0. The van der Waals surface area contributed by atoms with Crippen LogP contribution < -0.4 is 5.32 Å². The van der Waals surface area contributed by atoms with Crippen LogP contribution in [0.3, 0.4) is 0 Å². The molecular weight excluding hydrogens is 320 g/mol. The smallest absolute Gasteiger partial charge is 0.269 e. The first-order chi connectivity index (χ1) is 8.49. The van der Waals surface area contributed by atoms with Gasteiger partial charge in [0.05, 0.1) is 11.0 Å². The Morgan fingerprint density at radius 3 is 2.83 bits per heavy atom. The van der Waals surface area contributed by atoms with Gasteiger partial charge in [-0.15, -0.1) is 0 Å². The number of hydrogen-bond donors (Lipinski definition) is 1. The van der Waals surface area contributed by atoms with Crippen molar-refractivity contribution in [2.75, 3.05) is 12.3 Å². The molecule has 2 heterocycles. The van der Waals surface area contributed by atoms with E-state index in [9.17, 15) is 13.2 Å². The van der Waals surface area contributed by atoms with E-state index >= 15 is 0 Å². The van der Waals surface area contributed by atoms with Crippen molar-refractivity contribution in [3.05, 3.63) is 28.5 Å². The highest BCUT2D eigenvalue weighted by Crippen LogP contribution is 2.19. The lowest BCUT2D eigenvalue weighted by Crippen LogP contribution is -2.34. The molecule has 1 saturated heterocycles. The summed E-state index contributed by atoms with van der Waals surface area (Å²) in [6.45, 7) is 0.166. The fraction of sp³-hybridized carbons (Fsp3) is 0.455. The van der Waals surface area contributed by atoms with Crippen LogP contribution in [0.1, 0.15) is 23.3 Å². The van der Waals surface area contributed by atoms with Crippen molar-refractivity contribution < 1.29 is 13.2 Å². The minimum absolute atomic E-state index is 0.166. The average Bonchev–Trinajstić information content (AvgIpc) is 2.66. The Morgan fingerprint density at radius 2 is 2.28 bits per heavy atom. The highest BCUT2D eigenvalue weighted by atomic mass is 79.9. The molecule has 2 rings (SSSR count). The number of carbonyl (C=O) groups excluding carboxylic acids is 1. The van der Waals surface area contributed by atoms with Gasteiger partial charge in [0.2, 0.25) is 0 Å². The molecule has 1 aromatic heterocycles. The molecule has 7 heteroatoms. The molecule has 18 heavy (non-hydrogen) atoms. The molecule has 98 valence electrons. The van der Waals surface area contributed by atoms with Crippen LogP contribution >= 0.6 is 15.9 Å². The standard InChI is InChI=1S/C11H13BrN2O3S/c12-8-3-4-10(13-6-8)11(15)14-7-9-2-1-5-18(9,16)17/h3-4,6,9H,1-2,5,7H2,(H,14,15). The molecule has 1 fully saturated rings. The van der Waals surface area contributed by atoms with Gasteiger partial charge in [0.25, 0.3) is 5.91 Å². The first-order valence-electron chi connectivity index (χ1n) is 5.60. The molecule has 1 atom stereocenters. The maximum Gasteiger partial charge on any atom is 0.269 e. The molecule has 1 unspecified atom stereocenters. The first kappa shape index (κ1) is 13.5. The van der Waals surface area contributed by atoms with E-state index in [1.165, 1.54) is 6.20 Å². The largest absolute Gasteiger partial charge is 0.349 e. The monoisotopic (exact) mass is 332 g/mol. The molecule has 0 bridgehead atoms. The maximum atomic E-state index is 11.7. The minimum Gasteiger partial charge on any atom is -0.349 e. The second kappa shape index (κ2) is 5.36. The third-order valence-corrected chi connectivity index (χ3v) is 5.66. The second-order valence-corrected chi connectivity index (χ2v) is 7.52. The molecule has 1 aliphatic heterocycles. The molecule has 1 aromatic rings. The molecule has 0 aliphatic carbocycles. The average molecular weight is 333 g/mol. The van der Waals surface area contributed by atoms with Crippen LogP contribution in [0.15, 0.2) is 22.8 Å². The van der Waals surface area contributed by atoms with E-state index in [0.717, 1.165) is 4.47 Å². The Hall–Kier alpha value is -0.950. The van der Waals surface area contributed by atoms with Gasteiger partial charge in [-0.05, 0) is 40.9 Å². The van der Waals surface area contributed by atoms with E-state index in [2.05, 4.69) is 26.2 Å². The number of aromatic nitrogens is 1. The number of nitrogens with one attached hydrogen (secondary N) is 1. The lowest BCUT2D eigenvalue weighted by Gasteiger charge is -2.10.